The lowest BCUT2D eigenvalue weighted by atomic mass is 10.1. The fourth-order valence-corrected chi connectivity index (χ4v) is 3.21. The standard InChI is InChI=1S/C19H21F3O2S/c1-3-14(13-25-18-10-8-16(23-2)9-11-18)12-24-17-6-4-15(5-7-17)19(20,21)22/h4-11,14H,3,12-13H2,1-2H3. The normalized spacial score (nSPS) is 12.7. The summed E-state index contributed by atoms with van der Waals surface area (Å²) < 4.78 is 48.4. The minimum atomic E-state index is -4.32. The van der Waals surface area contributed by atoms with Gasteiger partial charge in [0.15, 0.2) is 0 Å². The number of benzene rings is 2. The van der Waals surface area contributed by atoms with E-state index in [9.17, 15) is 13.2 Å². The van der Waals surface area contributed by atoms with Crippen LogP contribution < -0.4 is 9.47 Å². The van der Waals surface area contributed by atoms with E-state index in [0.717, 1.165) is 35.0 Å². The van der Waals surface area contributed by atoms with Crippen molar-refractivity contribution in [3.05, 3.63) is 54.1 Å². The molecule has 1 unspecified atom stereocenters. The Kier molecular flexibility index (Phi) is 7.05. The Balaban J connectivity index is 1.83. The van der Waals surface area contributed by atoms with Crippen LogP contribution in [0.2, 0.25) is 0 Å². The molecule has 0 saturated carbocycles. The summed E-state index contributed by atoms with van der Waals surface area (Å²) in [5.41, 5.74) is -0.665. The Morgan fingerprint density at radius 2 is 1.56 bits per heavy atom. The Labute approximate surface area is 150 Å². The first-order valence-corrected chi connectivity index (χ1v) is 8.98. The molecular weight excluding hydrogens is 349 g/mol. The van der Waals surface area contributed by atoms with Crippen LogP contribution in [0, 0.1) is 5.92 Å². The van der Waals surface area contributed by atoms with Gasteiger partial charge in [-0.2, -0.15) is 13.2 Å². The maximum absolute atomic E-state index is 12.5. The zero-order valence-corrected chi connectivity index (χ0v) is 15.0. The summed E-state index contributed by atoms with van der Waals surface area (Å²) in [7, 11) is 1.63. The molecule has 2 aromatic rings. The number of hydrogen-bond acceptors (Lipinski definition) is 3. The molecule has 6 heteroatoms. The number of methoxy groups -OCH3 is 1. The second-order valence-corrected chi connectivity index (χ2v) is 6.69. The summed E-state index contributed by atoms with van der Waals surface area (Å²) in [6.07, 6.45) is -3.39. The Hall–Kier alpha value is -1.82. The van der Waals surface area contributed by atoms with Crippen LogP contribution in [0.5, 0.6) is 11.5 Å². The summed E-state index contributed by atoms with van der Waals surface area (Å²) >= 11 is 1.73. The molecule has 0 saturated heterocycles. The van der Waals surface area contributed by atoms with E-state index < -0.39 is 11.7 Å². The third-order valence-electron chi connectivity index (χ3n) is 3.79. The third-order valence-corrected chi connectivity index (χ3v) is 5.03. The summed E-state index contributed by atoms with van der Waals surface area (Å²) in [5, 5.41) is 0. The molecule has 0 aliphatic carbocycles. The molecule has 25 heavy (non-hydrogen) atoms. The lowest BCUT2D eigenvalue weighted by molar-refractivity contribution is -0.137. The summed E-state index contributed by atoms with van der Waals surface area (Å²) in [6, 6.07) is 12.7. The molecule has 0 amide bonds. The van der Waals surface area contributed by atoms with E-state index in [0.29, 0.717) is 18.3 Å². The van der Waals surface area contributed by atoms with Gasteiger partial charge in [-0.15, -0.1) is 11.8 Å². The van der Waals surface area contributed by atoms with Gasteiger partial charge in [-0.25, -0.2) is 0 Å². The molecule has 0 aromatic heterocycles. The average molecular weight is 370 g/mol. The minimum absolute atomic E-state index is 0.314. The Bertz CT molecular complexity index is 639. The molecule has 0 aliphatic rings. The quantitative estimate of drug-likeness (QED) is 0.538. The van der Waals surface area contributed by atoms with Crippen molar-refractivity contribution in [2.75, 3.05) is 19.5 Å². The van der Waals surface area contributed by atoms with Crippen molar-refractivity contribution in [1.82, 2.24) is 0 Å². The number of ether oxygens (including phenoxy) is 2. The van der Waals surface area contributed by atoms with E-state index in [1.165, 1.54) is 12.1 Å². The van der Waals surface area contributed by atoms with Gasteiger partial charge in [-0.3, -0.25) is 0 Å². The van der Waals surface area contributed by atoms with Crippen molar-refractivity contribution in [3.8, 4) is 11.5 Å². The Morgan fingerprint density at radius 3 is 2.08 bits per heavy atom. The molecule has 2 nitrogen and oxygen atoms in total. The molecule has 2 rings (SSSR count). The molecule has 136 valence electrons. The number of rotatable bonds is 8. The first-order chi connectivity index (χ1) is 11.9. The van der Waals surface area contributed by atoms with E-state index in [1.807, 2.05) is 24.3 Å². The Morgan fingerprint density at radius 1 is 0.960 bits per heavy atom. The van der Waals surface area contributed by atoms with Crippen molar-refractivity contribution in [2.45, 2.75) is 24.4 Å². The van der Waals surface area contributed by atoms with Gasteiger partial charge in [0.2, 0.25) is 0 Å². The van der Waals surface area contributed by atoms with Gasteiger partial charge < -0.3 is 9.47 Å². The number of thioether (sulfide) groups is 1. The molecule has 0 fully saturated rings. The highest BCUT2D eigenvalue weighted by molar-refractivity contribution is 7.99. The number of hydrogen-bond donors (Lipinski definition) is 0. The first-order valence-electron chi connectivity index (χ1n) is 7.99. The fourth-order valence-electron chi connectivity index (χ4n) is 2.12. The summed E-state index contributed by atoms with van der Waals surface area (Å²) in [5.74, 6) is 2.47. The van der Waals surface area contributed by atoms with Gasteiger partial charge in [0.25, 0.3) is 0 Å². The lowest BCUT2D eigenvalue weighted by Gasteiger charge is -2.16. The van der Waals surface area contributed by atoms with Gasteiger partial charge in [0.1, 0.15) is 11.5 Å². The summed E-state index contributed by atoms with van der Waals surface area (Å²) in [4.78, 5) is 1.15. The highest BCUT2D eigenvalue weighted by Gasteiger charge is 2.30. The monoisotopic (exact) mass is 370 g/mol. The SMILES string of the molecule is CCC(COc1ccc(C(F)(F)F)cc1)CSc1ccc(OC)cc1. The molecule has 0 aliphatic heterocycles. The van der Waals surface area contributed by atoms with Gasteiger partial charge in [0, 0.05) is 16.6 Å². The van der Waals surface area contributed by atoms with Crippen LogP contribution in [0.15, 0.2) is 53.4 Å². The van der Waals surface area contributed by atoms with E-state index in [1.54, 1.807) is 18.9 Å². The molecule has 0 radical (unpaired) electrons. The average Bonchev–Trinajstić information content (AvgIpc) is 2.62. The fraction of sp³-hybridized carbons (Fsp3) is 0.368. The highest BCUT2D eigenvalue weighted by atomic mass is 32.2. The van der Waals surface area contributed by atoms with Crippen molar-refractivity contribution in [2.24, 2.45) is 5.92 Å². The zero-order valence-electron chi connectivity index (χ0n) is 14.2. The predicted octanol–water partition coefficient (Wildman–Crippen LogP) is 5.91. The van der Waals surface area contributed by atoms with Gasteiger partial charge in [-0.05, 0) is 55.0 Å². The maximum Gasteiger partial charge on any atom is 0.416 e. The van der Waals surface area contributed by atoms with E-state index in [-0.39, 0.29) is 0 Å². The smallest absolute Gasteiger partial charge is 0.416 e. The van der Waals surface area contributed by atoms with E-state index in [4.69, 9.17) is 9.47 Å². The number of halogens is 3. The van der Waals surface area contributed by atoms with Crippen LogP contribution in [-0.2, 0) is 6.18 Å². The van der Waals surface area contributed by atoms with Gasteiger partial charge in [0.05, 0.1) is 19.3 Å². The van der Waals surface area contributed by atoms with Crippen molar-refractivity contribution >= 4 is 11.8 Å². The molecule has 2 aromatic carbocycles. The van der Waals surface area contributed by atoms with Crippen LogP contribution in [0.3, 0.4) is 0 Å². The van der Waals surface area contributed by atoms with Crippen LogP contribution in [-0.4, -0.2) is 19.5 Å². The number of alkyl halides is 3. The van der Waals surface area contributed by atoms with Crippen LogP contribution in [0.1, 0.15) is 18.9 Å². The van der Waals surface area contributed by atoms with Crippen molar-refractivity contribution in [3.63, 3.8) is 0 Å². The molecule has 0 heterocycles. The second kappa shape index (κ2) is 9.04. The van der Waals surface area contributed by atoms with Crippen LogP contribution >= 0.6 is 11.8 Å². The first kappa shape index (κ1) is 19.5. The zero-order chi connectivity index (χ0) is 18.3. The largest absolute Gasteiger partial charge is 0.497 e. The van der Waals surface area contributed by atoms with Crippen molar-refractivity contribution < 1.29 is 22.6 Å². The van der Waals surface area contributed by atoms with Crippen LogP contribution in [0.25, 0.3) is 0 Å². The van der Waals surface area contributed by atoms with E-state index >= 15 is 0 Å². The third kappa shape index (κ3) is 6.20. The molecule has 0 bridgehead atoms. The maximum atomic E-state index is 12.5. The summed E-state index contributed by atoms with van der Waals surface area (Å²) in [6.45, 7) is 2.56. The second-order valence-electron chi connectivity index (χ2n) is 5.59. The molecule has 0 spiro atoms. The highest BCUT2D eigenvalue weighted by Crippen LogP contribution is 2.30. The molecule has 1 atom stereocenters. The molecular formula is C19H21F3O2S. The van der Waals surface area contributed by atoms with Crippen LogP contribution in [0.4, 0.5) is 13.2 Å². The minimum Gasteiger partial charge on any atom is -0.497 e. The van der Waals surface area contributed by atoms with Gasteiger partial charge in [-0.1, -0.05) is 6.92 Å². The molecule has 0 N–H and O–H groups in total. The van der Waals surface area contributed by atoms with E-state index in [2.05, 4.69) is 6.92 Å². The lowest BCUT2D eigenvalue weighted by Crippen LogP contribution is -2.14. The van der Waals surface area contributed by atoms with Crippen molar-refractivity contribution in [1.29, 1.82) is 0 Å². The van der Waals surface area contributed by atoms with Gasteiger partial charge >= 0.3 is 6.18 Å². The predicted molar refractivity (Wildman–Crippen MR) is 94.4 cm³/mol. The topological polar surface area (TPSA) is 18.5 Å².